The van der Waals surface area contributed by atoms with E-state index in [4.69, 9.17) is 4.74 Å². The van der Waals surface area contributed by atoms with Crippen molar-refractivity contribution in [3.63, 3.8) is 0 Å². The summed E-state index contributed by atoms with van der Waals surface area (Å²) >= 11 is 0. The number of hydrogen-bond acceptors (Lipinski definition) is 4. The van der Waals surface area contributed by atoms with E-state index in [9.17, 15) is 18.4 Å². The number of para-hydroxylation sites is 2. The van der Waals surface area contributed by atoms with Gasteiger partial charge in [-0.1, -0.05) is 42.5 Å². The predicted octanol–water partition coefficient (Wildman–Crippen LogP) is 3.65. The van der Waals surface area contributed by atoms with E-state index in [0.717, 1.165) is 0 Å². The number of carbonyl (C=O) groups excluding carboxylic acids is 2. The molecule has 1 aromatic heterocycles. The number of amides is 1. The molecule has 3 aromatic rings. The molecule has 0 spiro atoms. The fourth-order valence-corrected chi connectivity index (χ4v) is 2.67. The summed E-state index contributed by atoms with van der Waals surface area (Å²) in [5.74, 6) is -1.41. The van der Waals surface area contributed by atoms with Crippen LogP contribution in [0.4, 0.5) is 8.78 Å². The first kappa shape index (κ1) is 19.2. The highest BCUT2D eigenvalue weighted by molar-refractivity contribution is 5.97. The summed E-state index contributed by atoms with van der Waals surface area (Å²) in [5, 5.41) is 2.40. The van der Waals surface area contributed by atoms with Gasteiger partial charge in [0, 0.05) is 6.92 Å². The molecule has 0 radical (unpaired) electrons. The van der Waals surface area contributed by atoms with Crippen molar-refractivity contribution in [1.29, 1.82) is 0 Å². The first-order chi connectivity index (χ1) is 13.5. The number of aromatic nitrogens is 2. The number of benzene rings is 2. The molecule has 8 heteroatoms. The molecule has 0 atom stereocenters. The summed E-state index contributed by atoms with van der Waals surface area (Å²) in [6, 6.07) is 15.2. The number of esters is 1. The molecule has 28 heavy (non-hydrogen) atoms. The van der Waals surface area contributed by atoms with Crippen LogP contribution in [0.25, 0.3) is 17.1 Å². The zero-order valence-electron chi connectivity index (χ0n) is 14.9. The van der Waals surface area contributed by atoms with Gasteiger partial charge in [-0.25, -0.2) is 9.78 Å². The van der Waals surface area contributed by atoms with Crippen LogP contribution in [-0.4, -0.2) is 21.4 Å². The Bertz CT molecular complexity index is 1030. The van der Waals surface area contributed by atoms with Gasteiger partial charge in [0.05, 0.1) is 11.0 Å². The summed E-state index contributed by atoms with van der Waals surface area (Å²) in [6.45, 7) is -2.05. The smallest absolute Gasteiger partial charge is 0.355 e. The highest BCUT2D eigenvalue weighted by atomic mass is 19.3. The quantitative estimate of drug-likeness (QED) is 0.519. The van der Waals surface area contributed by atoms with Gasteiger partial charge in [0.1, 0.15) is 12.3 Å². The third kappa shape index (κ3) is 4.40. The monoisotopic (exact) mass is 385 g/mol. The molecule has 0 saturated carbocycles. The average Bonchev–Trinajstić information content (AvgIpc) is 3.04. The number of alkyl halides is 2. The molecular formula is C20H17F2N3O3. The van der Waals surface area contributed by atoms with Crippen LogP contribution in [0.1, 0.15) is 24.9 Å². The van der Waals surface area contributed by atoms with Gasteiger partial charge in [-0.15, -0.1) is 0 Å². The van der Waals surface area contributed by atoms with Crippen molar-refractivity contribution >= 4 is 29.0 Å². The minimum atomic E-state index is -2.84. The topological polar surface area (TPSA) is 73.2 Å². The Kier molecular flexibility index (Phi) is 5.78. The second-order valence-corrected chi connectivity index (χ2v) is 5.89. The minimum absolute atomic E-state index is 0.0913. The van der Waals surface area contributed by atoms with Gasteiger partial charge in [-0.3, -0.25) is 9.36 Å². The summed E-state index contributed by atoms with van der Waals surface area (Å²) in [7, 11) is 0. The molecule has 0 aliphatic rings. The van der Waals surface area contributed by atoms with Gasteiger partial charge < -0.3 is 10.1 Å². The number of carbonyl (C=O) groups is 2. The van der Waals surface area contributed by atoms with Crippen molar-refractivity contribution in [2.45, 2.75) is 20.1 Å². The molecule has 0 fully saturated rings. The molecule has 1 amide bonds. The third-order valence-corrected chi connectivity index (χ3v) is 3.84. The summed E-state index contributed by atoms with van der Waals surface area (Å²) in [6.07, 6.45) is 1.44. The largest absolute Gasteiger partial charge is 0.453 e. The SMILES string of the molecule is CC(=O)N/C(=C\c1ccccc1)C(=O)OCc1nc2ccccc2n1C(F)F. The van der Waals surface area contributed by atoms with Crippen molar-refractivity contribution < 1.29 is 23.1 Å². The maximum atomic E-state index is 13.4. The number of fused-ring (bicyclic) bond motifs is 1. The molecule has 0 bridgehead atoms. The molecule has 0 saturated heterocycles. The van der Waals surface area contributed by atoms with E-state index in [2.05, 4.69) is 10.3 Å². The van der Waals surface area contributed by atoms with Crippen LogP contribution in [-0.2, 0) is 20.9 Å². The van der Waals surface area contributed by atoms with Crippen LogP contribution in [0.5, 0.6) is 0 Å². The molecule has 6 nitrogen and oxygen atoms in total. The summed E-state index contributed by atoms with van der Waals surface area (Å²) < 4.78 is 32.7. The highest BCUT2D eigenvalue weighted by Gasteiger charge is 2.20. The lowest BCUT2D eigenvalue weighted by Gasteiger charge is -2.11. The van der Waals surface area contributed by atoms with Crippen molar-refractivity contribution in [2.75, 3.05) is 0 Å². The van der Waals surface area contributed by atoms with Gasteiger partial charge in [0.15, 0.2) is 5.82 Å². The fourth-order valence-electron chi connectivity index (χ4n) is 2.67. The molecule has 0 aliphatic heterocycles. The van der Waals surface area contributed by atoms with E-state index in [0.29, 0.717) is 15.6 Å². The van der Waals surface area contributed by atoms with E-state index in [1.54, 1.807) is 42.5 Å². The first-order valence-electron chi connectivity index (χ1n) is 8.41. The lowest BCUT2D eigenvalue weighted by atomic mass is 10.2. The Balaban J connectivity index is 1.83. The van der Waals surface area contributed by atoms with E-state index in [1.165, 1.54) is 19.1 Å². The average molecular weight is 385 g/mol. The van der Waals surface area contributed by atoms with Crippen LogP contribution in [0, 0.1) is 0 Å². The van der Waals surface area contributed by atoms with Crippen LogP contribution in [0.2, 0.25) is 0 Å². The number of halogens is 2. The third-order valence-electron chi connectivity index (χ3n) is 3.84. The standard InChI is InChI=1S/C20H17F2N3O3/c1-13(26)23-16(11-14-7-3-2-4-8-14)19(27)28-12-18-24-15-9-5-6-10-17(15)25(18)20(21)22/h2-11,20H,12H2,1H3,(H,23,26)/b16-11-. The van der Waals surface area contributed by atoms with Gasteiger partial charge >= 0.3 is 12.5 Å². The zero-order valence-corrected chi connectivity index (χ0v) is 14.9. The van der Waals surface area contributed by atoms with Crippen LogP contribution in [0.15, 0.2) is 60.3 Å². The van der Waals surface area contributed by atoms with E-state index >= 15 is 0 Å². The van der Waals surface area contributed by atoms with Crippen molar-refractivity contribution in [3.05, 3.63) is 71.7 Å². The second-order valence-electron chi connectivity index (χ2n) is 5.89. The van der Waals surface area contributed by atoms with E-state index in [-0.39, 0.29) is 17.0 Å². The number of hydrogen-bond donors (Lipinski definition) is 1. The fraction of sp³-hybridized carbons (Fsp3) is 0.150. The Hall–Kier alpha value is -3.55. The number of ether oxygens (including phenoxy) is 1. The van der Waals surface area contributed by atoms with Gasteiger partial charge in [0.2, 0.25) is 5.91 Å². The second kappa shape index (κ2) is 8.43. The Morgan fingerprint density at radius 2 is 1.82 bits per heavy atom. The normalized spacial score (nSPS) is 11.6. The van der Waals surface area contributed by atoms with Gasteiger partial charge in [-0.05, 0) is 23.8 Å². The molecule has 144 valence electrons. The highest BCUT2D eigenvalue weighted by Crippen LogP contribution is 2.23. The zero-order chi connectivity index (χ0) is 20.1. The van der Waals surface area contributed by atoms with Gasteiger partial charge in [-0.2, -0.15) is 8.78 Å². The maximum Gasteiger partial charge on any atom is 0.355 e. The summed E-state index contributed by atoms with van der Waals surface area (Å²) in [4.78, 5) is 27.9. The predicted molar refractivity (Wildman–Crippen MR) is 99.0 cm³/mol. The molecule has 2 aromatic carbocycles. The Morgan fingerprint density at radius 1 is 1.14 bits per heavy atom. The molecular weight excluding hydrogens is 368 g/mol. The lowest BCUT2D eigenvalue weighted by molar-refractivity contribution is -0.142. The number of imidazole rings is 1. The summed E-state index contributed by atoms with van der Waals surface area (Å²) in [5.41, 5.74) is 1.18. The minimum Gasteiger partial charge on any atom is -0.453 e. The van der Waals surface area contributed by atoms with Gasteiger partial charge in [0.25, 0.3) is 0 Å². The molecule has 1 heterocycles. The number of rotatable bonds is 6. The lowest BCUT2D eigenvalue weighted by Crippen LogP contribution is -2.26. The van der Waals surface area contributed by atoms with Crippen LogP contribution >= 0.6 is 0 Å². The van der Waals surface area contributed by atoms with Crippen molar-refractivity contribution in [1.82, 2.24) is 14.9 Å². The van der Waals surface area contributed by atoms with E-state index < -0.39 is 25.0 Å². The first-order valence-corrected chi connectivity index (χ1v) is 8.41. The van der Waals surface area contributed by atoms with Crippen LogP contribution in [0.3, 0.4) is 0 Å². The number of nitrogens with one attached hydrogen (secondary N) is 1. The molecule has 3 rings (SSSR count). The van der Waals surface area contributed by atoms with E-state index in [1.807, 2.05) is 6.07 Å². The van der Waals surface area contributed by atoms with Crippen molar-refractivity contribution in [2.24, 2.45) is 0 Å². The Labute approximate surface area is 159 Å². The maximum absolute atomic E-state index is 13.4. The van der Waals surface area contributed by atoms with Crippen molar-refractivity contribution in [3.8, 4) is 0 Å². The molecule has 0 aliphatic carbocycles. The van der Waals surface area contributed by atoms with Crippen LogP contribution < -0.4 is 5.32 Å². The molecule has 0 unspecified atom stereocenters. The number of nitrogens with zero attached hydrogens (tertiary/aromatic N) is 2. The molecule has 1 N–H and O–H groups in total. The Morgan fingerprint density at radius 3 is 2.50 bits per heavy atom.